The molecule has 0 unspecified atom stereocenters. The van der Waals surface area contributed by atoms with Crippen molar-refractivity contribution in [3.05, 3.63) is 0 Å². The van der Waals surface area contributed by atoms with Gasteiger partial charge in [0.1, 0.15) is 12.3 Å². The lowest BCUT2D eigenvalue weighted by Gasteiger charge is -2.38. The summed E-state index contributed by atoms with van der Waals surface area (Å²) < 4.78 is 36.6. The lowest BCUT2D eigenvalue weighted by molar-refractivity contribution is -0.148. The van der Waals surface area contributed by atoms with E-state index in [0.717, 1.165) is 0 Å². The topological polar surface area (TPSA) is 46.2 Å². The number of amides is 1. The average Bonchev–Trinajstić information content (AvgIpc) is 2.55. The van der Waals surface area contributed by atoms with Gasteiger partial charge in [0.15, 0.2) is 0 Å². The molecular weight excluding hydrogens is 259 g/mol. The predicted molar refractivity (Wildman–Crippen MR) is 62.2 cm³/mol. The molecule has 0 heterocycles. The third-order valence-corrected chi connectivity index (χ3v) is 5.59. The summed E-state index contributed by atoms with van der Waals surface area (Å²) in [7, 11) is 0. The Bertz CT molecular complexity index is 444. The molecule has 0 radical (unpaired) electrons. The maximum Gasteiger partial charge on any atom is 0.405 e. The number of carbonyl (C=O) groups excluding carboxylic acids is 2. The van der Waals surface area contributed by atoms with Crippen LogP contribution in [0.2, 0.25) is 0 Å². The van der Waals surface area contributed by atoms with Crippen LogP contribution in [-0.4, -0.2) is 24.4 Å². The number of nitrogens with one attached hydrogen (secondary N) is 1. The largest absolute Gasteiger partial charge is 0.405 e. The second kappa shape index (κ2) is 3.73. The first-order chi connectivity index (χ1) is 8.46. The van der Waals surface area contributed by atoms with E-state index in [1.165, 1.54) is 0 Å². The summed E-state index contributed by atoms with van der Waals surface area (Å²) in [5, 5.41) is 1.96. The molecule has 0 spiro atoms. The van der Waals surface area contributed by atoms with Gasteiger partial charge in [-0.1, -0.05) is 20.8 Å². The molecular formula is C13H18F3NO2. The number of ketones is 1. The van der Waals surface area contributed by atoms with E-state index in [9.17, 15) is 22.8 Å². The molecule has 3 nitrogen and oxygen atoms in total. The van der Waals surface area contributed by atoms with Gasteiger partial charge in [0.05, 0.1) is 5.41 Å². The van der Waals surface area contributed by atoms with Crippen LogP contribution < -0.4 is 5.32 Å². The van der Waals surface area contributed by atoms with Crippen molar-refractivity contribution in [3.63, 3.8) is 0 Å². The SMILES string of the molecule is CC1(C)[C@@]2(C(=O)NCC(F)(F)F)CC[C@]1(C)C(=O)C2. The fourth-order valence-corrected chi connectivity index (χ4v) is 3.71. The molecule has 0 saturated heterocycles. The van der Waals surface area contributed by atoms with Gasteiger partial charge in [-0.05, 0) is 18.3 Å². The van der Waals surface area contributed by atoms with Gasteiger partial charge in [-0.2, -0.15) is 13.2 Å². The first-order valence-corrected chi connectivity index (χ1v) is 6.35. The first-order valence-electron chi connectivity index (χ1n) is 6.35. The van der Waals surface area contributed by atoms with Crippen LogP contribution in [0.15, 0.2) is 0 Å². The van der Waals surface area contributed by atoms with E-state index in [0.29, 0.717) is 12.8 Å². The fourth-order valence-electron chi connectivity index (χ4n) is 3.71. The Morgan fingerprint density at radius 2 is 1.84 bits per heavy atom. The van der Waals surface area contributed by atoms with E-state index < -0.39 is 34.9 Å². The van der Waals surface area contributed by atoms with Crippen molar-refractivity contribution in [3.8, 4) is 0 Å². The zero-order valence-electron chi connectivity index (χ0n) is 11.3. The van der Waals surface area contributed by atoms with Crippen LogP contribution in [-0.2, 0) is 9.59 Å². The van der Waals surface area contributed by atoms with Gasteiger partial charge in [0.25, 0.3) is 0 Å². The summed E-state index contributed by atoms with van der Waals surface area (Å²) in [5.41, 5.74) is -2.18. The number of carbonyl (C=O) groups is 2. The van der Waals surface area contributed by atoms with Crippen molar-refractivity contribution >= 4 is 11.7 Å². The molecule has 6 heteroatoms. The van der Waals surface area contributed by atoms with Crippen molar-refractivity contribution in [2.75, 3.05) is 6.54 Å². The summed E-state index contributed by atoms with van der Waals surface area (Å²) in [5.74, 6) is -0.643. The van der Waals surface area contributed by atoms with Crippen molar-refractivity contribution in [1.29, 1.82) is 0 Å². The van der Waals surface area contributed by atoms with Crippen LogP contribution in [0.1, 0.15) is 40.0 Å². The molecule has 2 atom stereocenters. The highest BCUT2D eigenvalue weighted by molar-refractivity contribution is 5.99. The summed E-state index contributed by atoms with van der Waals surface area (Å²) >= 11 is 0. The summed E-state index contributed by atoms with van der Waals surface area (Å²) in [4.78, 5) is 24.3. The van der Waals surface area contributed by atoms with Gasteiger partial charge < -0.3 is 5.32 Å². The van der Waals surface area contributed by atoms with Gasteiger partial charge in [-0.3, -0.25) is 9.59 Å². The van der Waals surface area contributed by atoms with Crippen molar-refractivity contribution in [2.45, 2.75) is 46.2 Å². The number of fused-ring (bicyclic) bond motifs is 2. The summed E-state index contributed by atoms with van der Waals surface area (Å²) in [6.07, 6.45) is -3.33. The molecule has 2 fully saturated rings. The first kappa shape index (κ1) is 14.3. The number of hydrogen-bond acceptors (Lipinski definition) is 2. The molecule has 108 valence electrons. The quantitative estimate of drug-likeness (QED) is 0.842. The van der Waals surface area contributed by atoms with E-state index in [-0.39, 0.29) is 12.2 Å². The molecule has 2 rings (SSSR count). The van der Waals surface area contributed by atoms with Crippen molar-refractivity contribution in [2.24, 2.45) is 16.2 Å². The Morgan fingerprint density at radius 3 is 2.21 bits per heavy atom. The number of alkyl halides is 3. The highest BCUT2D eigenvalue weighted by Crippen LogP contribution is 2.70. The van der Waals surface area contributed by atoms with E-state index in [1.807, 2.05) is 26.1 Å². The monoisotopic (exact) mass is 277 g/mol. The zero-order valence-corrected chi connectivity index (χ0v) is 11.3. The lowest BCUT2D eigenvalue weighted by atomic mass is 9.64. The number of hydrogen-bond donors (Lipinski definition) is 1. The van der Waals surface area contributed by atoms with Crippen molar-refractivity contribution in [1.82, 2.24) is 5.32 Å². The van der Waals surface area contributed by atoms with Crippen LogP contribution in [0.5, 0.6) is 0 Å². The number of rotatable bonds is 2. The van der Waals surface area contributed by atoms with Crippen molar-refractivity contribution < 1.29 is 22.8 Å². The van der Waals surface area contributed by atoms with E-state index in [1.54, 1.807) is 0 Å². The van der Waals surface area contributed by atoms with Gasteiger partial charge in [0.2, 0.25) is 5.91 Å². The standard InChI is InChI=1S/C13H18F3NO2/c1-10(2)11(3)4-5-12(10,6-8(11)18)9(19)17-7-13(14,15)16/h4-7H2,1-3H3,(H,17,19)/t11-,12+/m1/s1. The third kappa shape index (κ3) is 1.71. The van der Waals surface area contributed by atoms with Gasteiger partial charge in [0, 0.05) is 11.8 Å². The summed E-state index contributed by atoms with van der Waals surface area (Å²) in [6.45, 7) is 4.12. The van der Waals surface area contributed by atoms with Crippen LogP contribution in [0.3, 0.4) is 0 Å². The molecule has 2 bridgehead atoms. The molecule has 19 heavy (non-hydrogen) atoms. The van der Waals surface area contributed by atoms with Gasteiger partial charge in [-0.15, -0.1) is 0 Å². The predicted octanol–water partition coefficient (Wildman–Crippen LogP) is 2.45. The Morgan fingerprint density at radius 1 is 1.26 bits per heavy atom. The second-order valence-electron chi connectivity index (χ2n) is 6.44. The molecule has 2 aliphatic carbocycles. The molecule has 1 amide bonds. The molecule has 1 N–H and O–H groups in total. The Balaban J connectivity index is 2.25. The molecule has 0 aromatic rings. The normalized spacial score (nSPS) is 36.6. The highest BCUT2D eigenvalue weighted by atomic mass is 19.4. The minimum atomic E-state index is -4.43. The van der Waals surface area contributed by atoms with Gasteiger partial charge >= 0.3 is 6.18 Å². The molecule has 0 aliphatic heterocycles. The van der Waals surface area contributed by atoms with E-state index in [2.05, 4.69) is 0 Å². The minimum Gasteiger partial charge on any atom is -0.346 e. The maximum atomic E-state index is 12.2. The number of Topliss-reactive ketones (excluding diaryl/α,β-unsaturated/α-hetero) is 1. The van der Waals surface area contributed by atoms with Crippen LogP contribution in [0, 0.1) is 16.2 Å². The minimum absolute atomic E-state index is 0.00842. The molecule has 0 aromatic carbocycles. The van der Waals surface area contributed by atoms with Gasteiger partial charge in [-0.25, -0.2) is 0 Å². The highest BCUT2D eigenvalue weighted by Gasteiger charge is 2.72. The van der Waals surface area contributed by atoms with E-state index >= 15 is 0 Å². The van der Waals surface area contributed by atoms with E-state index in [4.69, 9.17) is 0 Å². The maximum absolute atomic E-state index is 12.2. The Kier molecular flexibility index (Phi) is 2.82. The average molecular weight is 277 g/mol. The molecule has 0 aromatic heterocycles. The van der Waals surface area contributed by atoms with Crippen LogP contribution >= 0.6 is 0 Å². The molecule has 2 saturated carbocycles. The third-order valence-electron chi connectivity index (χ3n) is 5.59. The molecule has 2 aliphatic rings. The van der Waals surface area contributed by atoms with Crippen LogP contribution in [0.25, 0.3) is 0 Å². The second-order valence-corrected chi connectivity index (χ2v) is 6.44. The Labute approximate surface area is 109 Å². The summed E-state index contributed by atoms with van der Waals surface area (Å²) in [6, 6.07) is 0. The lowest BCUT2D eigenvalue weighted by Crippen LogP contribution is -2.48. The Hall–Kier alpha value is -1.07. The smallest absolute Gasteiger partial charge is 0.346 e. The zero-order chi connectivity index (χ0) is 14.7. The fraction of sp³-hybridized carbons (Fsp3) is 0.846. The number of halogens is 3. The van der Waals surface area contributed by atoms with Crippen LogP contribution in [0.4, 0.5) is 13.2 Å².